The number of hydrazone groups is 1. The summed E-state index contributed by atoms with van der Waals surface area (Å²) in [6.07, 6.45) is 3.18. The van der Waals surface area contributed by atoms with E-state index < -0.39 is 5.91 Å². The van der Waals surface area contributed by atoms with Crippen molar-refractivity contribution in [3.8, 4) is 11.5 Å². The molecule has 34 heavy (non-hydrogen) atoms. The van der Waals surface area contributed by atoms with Gasteiger partial charge in [0.2, 0.25) is 5.17 Å². The Bertz CT molecular complexity index is 1240. The Morgan fingerprint density at radius 3 is 2.76 bits per heavy atom. The van der Waals surface area contributed by atoms with Gasteiger partial charge in [0.15, 0.2) is 17.3 Å². The Balaban J connectivity index is 1.63. The standard InChI is InChI=1S/C24H22ClFN4O3S/c1-3-7-20-29-30-22(27)16(23(31)28-24(30)34-20)10-14-11-17(25)21(19(12-14)32-4-2)33-13-15-8-5-6-9-18(15)26/h5-6,8-12,27H,3-4,7,13H2,1-2H3. The molecule has 0 unspecified atom stereocenters. The minimum Gasteiger partial charge on any atom is -0.490 e. The number of carbonyl (C=O) groups is 1. The van der Waals surface area contributed by atoms with E-state index in [-0.39, 0.29) is 34.6 Å². The van der Waals surface area contributed by atoms with Crippen LogP contribution in [0.2, 0.25) is 5.02 Å². The van der Waals surface area contributed by atoms with Gasteiger partial charge in [-0.25, -0.2) is 4.39 Å². The molecule has 0 fully saturated rings. The molecule has 2 aliphatic rings. The van der Waals surface area contributed by atoms with Crippen LogP contribution in [0.1, 0.15) is 37.8 Å². The molecule has 2 heterocycles. The van der Waals surface area contributed by atoms with E-state index in [9.17, 15) is 9.18 Å². The van der Waals surface area contributed by atoms with E-state index in [1.807, 2.05) is 13.8 Å². The molecule has 4 rings (SSSR count). The van der Waals surface area contributed by atoms with Crippen LogP contribution in [-0.4, -0.2) is 33.6 Å². The summed E-state index contributed by atoms with van der Waals surface area (Å²) in [4.78, 5) is 16.8. The molecular weight excluding hydrogens is 479 g/mol. The highest BCUT2D eigenvalue weighted by Crippen LogP contribution is 2.38. The first kappa shape index (κ1) is 24.0. The monoisotopic (exact) mass is 500 g/mol. The minimum absolute atomic E-state index is 0.0295. The van der Waals surface area contributed by atoms with E-state index in [1.165, 1.54) is 28.9 Å². The topological polar surface area (TPSA) is 87.3 Å². The quantitative estimate of drug-likeness (QED) is 0.457. The summed E-state index contributed by atoms with van der Waals surface area (Å²) in [6.45, 7) is 4.16. The molecule has 10 heteroatoms. The number of nitrogens with one attached hydrogen (secondary N) is 1. The number of benzene rings is 2. The zero-order chi connectivity index (χ0) is 24.2. The average Bonchev–Trinajstić information content (AvgIpc) is 3.20. The van der Waals surface area contributed by atoms with Crippen molar-refractivity contribution in [2.24, 2.45) is 10.1 Å². The second kappa shape index (κ2) is 10.4. The van der Waals surface area contributed by atoms with Crippen LogP contribution in [0.4, 0.5) is 4.39 Å². The lowest BCUT2D eigenvalue weighted by atomic mass is 10.1. The highest BCUT2D eigenvalue weighted by molar-refractivity contribution is 8.26. The Kier molecular flexibility index (Phi) is 7.33. The average molecular weight is 501 g/mol. The molecule has 1 N–H and O–H groups in total. The van der Waals surface area contributed by atoms with Crippen LogP contribution in [0, 0.1) is 11.2 Å². The van der Waals surface area contributed by atoms with Gasteiger partial charge in [-0.3, -0.25) is 10.2 Å². The second-order valence-electron chi connectivity index (χ2n) is 7.41. The molecule has 0 aromatic heterocycles. The van der Waals surface area contributed by atoms with Crippen LogP contribution in [-0.2, 0) is 11.4 Å². The molecule has 0 bridgehead atoms. The molecule has 2 aliphatic heterocycles. The number of nitrogens with zero attached hydrogens (tertiary/aromatic N) is 3. The van der Waals surface area contributed by atoms with Gasteiger partial charge in [0.25, 0.3) is 5.91 Å². The van der Waals surface area contributed by atoms with Gasteiger partial charge in [-0.05, 0) is 61.4 Å². The third kappa shape index (κ3) is 5.00. The molecule has 0 spiro atoms. The first-order valence-electron chi connectivity index (χ1n) is 10.7. The van der Waals surface area contributed by atoms with Gasteiger partial charge in [-0.15, -0.1) is 0 Å². The maximum Gasteiger partial charge on any atom is 0.283 e. The van der Waals surface area contributed by atoms with Crippen molar-refractivity contribution in [2.45, 2.75) is 33.3 Å². The fraction of sp³-hybridized carbons (Fsp3) is 0.250. The van der Waals surface area contributed by atoms with Gasteiger partial charge >= 0.3 is 0 Å². The number of hydrogen-bond acceptors (Lipinski definition) is 6. The Morgan fingerprint density at radius 2 is 2.03 bits per heavy atom. The molecule has 7 nitrogen and oxygen atoms in total. The number of amidine groups is 2. The van der Waals surface area contributed by atoms with Gasteiger partial charge in [0.1, 0.15) is 17.5 Å². The molecule has 2 aromatic carbocycles. The first-order chi connectivity index (χ1) is 16.4. The Labute approximate surface area is 205 Å². The summed E-state index contributed by atoms with van der Waals surface area (Å²) in [5, 5.41) is 15.7. The summed E-state index contributed by atoms with van der Waals surface area (Å²) >= 11 is 7.79. The second-order valence-corrected chi connectivity index (χ2v) is 8.85. The number of aliphatic imine (C=N–C) groups is 1. The lowest BCUT2D eigenvalue weighted by Crippen LogP contribution is -2.35. The lowest BCUT2D eigenvalue weighted by molar-refractivity contribution is -0.114. The normalized spacial score (nSPS) is 16.5. The molecule has 0 saturated heterocycles. The summed E-state index contributed by atoms with van der Waals surface area (Å²) < 4.78 is 25.5. The predicted octanol–water partition coefficient (Wildman–Crippen LogP) is 5.88. The minimum atomic E-state index is -0.523. The summed E-state index contributed by atoms with van der Waals surface area (Å²) in [7, 11) is 0. The van der Waals surface area contributed by atoms with Crippen molar-refractivity contribution in [1.82, 2.24) is 5.01 Å². The van der Waals surface area contributed by atoms with Crippen LogP contribution in [0.25, 0.3) is 6.08 Å². The van der Waals surface area contributed by atoms with E-state index in [1.54, 1.807) is 30.3 Å². The number of rotatable bonds is 8. The molecule has 0 aliphatic carbocycles. The zero-order valence-corrected chi connectivity index (χ0v) is 20.2. The molecular formula is C24H22ClFN4O3S. The van der Waals surface area contributed by atoms with E-state index in [0.717, 1.165) is 17.9 Å². The van der Waals surface area contributed by atoms with E-state index in [0.29, 0.717) is 28.7 Å². The highest BCUT2D eigenvalue weighted by atomic mass is 35.5. The predicted molar refractivity (Wildman–Crippen MR) is 133 cm³/mol. The van der Waals surface area contributed by atoms with Gasteiger partial charge < -0.3 is 9.47 Å². The van der Waals surface area contributed by atoms with E-state index in [4.69, 9.17) is 26.5 Å². The fourth-order valence-electron chi connectivity index (χ4n) is 3.35. The van der Waals surface area contributed by atoms with Crippen molar-refractivity contribution in [2.75, 3.05) is 6.61 Å². The molecule has 2 aromatic rings. The SMILES string of the molecule is CCCC1=NN2C(=N)C(=Cc3cc(Cl)c(OCc4ccccc4F)c(OCC)c3)C(=O)N=C2S1. The van der Waals surface area contributed by atoms with Crippen molar-refractivity contribution < 1.29 is 18.7 Å². The largest absolute Gasteiger partial charge is 0.490 e. The van der Waals surface area contributed by atoms with Gasteiger partial charge in [-0.2, -0.15) is 15.1 Å². The number of carbonyl (C=O) groups excluding carboxylic acids is 1. The lowest BCUT2D eigenvalue weighted by Gasteiger charge is -2.20. The zero-order valence-electron chi connectivity index (χ0n) is 18.6. The maximum absolute atomic E-state index is 14.0. The van der Waals surface area contributed by atoms with Crippen LogP contribution < -0.4 is 9.47 Å². The fourth-order valence-corrected chi connectivity index (χ4v) is 4.61. The smallest absolute Gasteiger partial charge is 0.283 e. The highest BCUT2D eigenvalue weighted by Gasteiger charge is 2.35. The molecule has 0 atom stereocenters. The number of amides is 1. The van der Waals surface area contributed by atoms with Crippen LogP contribution >= 0.6 is 23.4 Å². The van der Waals surface area contributed by atoms with Crippen LogP contribution in [0.3, 0.4) is 0 Å². The van der Waals surface area contributed by atoms with Crippen molar-refractivity contribution in [1.29, 1.82) is 5.41 Å². The van der Waals surface area contributed by atoms with Gasteiger partial charge in [0.05, 0.1) is 17.2 Å². The molecule has 176 valence electrons. The molecule has 0 saturated carbocycles. The molecule has 1 amide bonds. The van der Waals surface area contributed by atoms with Crippen molar-refractivity contribution in [3.05, 3.63) is 63.9 Å². The molecule has 0 radical (unpaired) electrons. The summed E-state index contributed by atoms with van der Waals surface area (Å²) in [5.41, 5.74) is 1.00. The van der Waals surface area contributed by atoms with Crippen LogP contribution in [0.15, 0.2) is 52.1 Å². The van der Waals surface area contributed by atoms with Crippen LogP contribution in [0.5, 0.6) is 11.5 Å². The van der Waals surface area contributed by atoms with Crippen molar-refractivity contribution in [3.63, 3.8) is 0 Å². The van der Waals surface area contributed by atoms with Gasteiger partial charge in [0, 0.05) is 5.56 Å². The third-order valence-electron chi connectivity index (χ3n) is 4.93. The first-order valence-corrected chi connectivity index (χ1v) is 11.9. The van der Waals surface area contributed by atoms with E-state index in [2.05, 4.69) is 10.1 Å². The Hall–Kier alpha value is -3.17. The maximum atomic E-state index is 14.0. The number of halogens is 2. The summed E-state index contributed by atoms with van der Waals surface area (Å²) in [5.74, 6) is -0.341. The summed E-state index contributed by atoms with van der Waals surface area (Å²) in [6, 6.07) is 9.56. The van der Waals surface area contributed by atoms with Gasteiger partial charge in [-0.1, -0.05) is 36.7 Å². The number of hydrogen-bond donors (Lipinski definition) is 1. The number of fused-ring (bicyclic) bond motifs is 1. The Morgan fingerprint density at radius 1 is 1.24 bits per heavy atom. The van der Waals surface area contributed by atoms with Crippen molar-refractivity contribution >= 4 is 51.4 Å². The van der Waals surface area contributed by atoms with E-state index >= 15 is 0 Å². The number of thioether (sulfide) groups is 1. The third-order valence-corrected chi connectivity index (χ3v) is 6.18. The number of ether oxygens (including phenoxy) is 2.